The summed E-state index contributed by atoms with van der Waals surface area (Å²) in [6.45, 7) is 3.30. The van der Waals surface area contributed by atoms with Crippen LogP contribution in [0.2, 0.25) is 0 Å². The number of thioether (sulfide) groups is 1. The van der Waals surface area contributed by atoms with E-state index in [0.29, 0.717) is 17.9 Å². The maximum atomic E-state index is 13.7. The van der Waals surface area contributed by atoms with Gasteiger partial charge in [-0.1, -0.05) is 84.4 Å². The van der Waals surface area contributed by atoms with Crippen LogP contribution in [-0.4, -0.2) is 43.2 Å². The van der Waals surface area contributed by atoms with Crippen LogP contribution in [0.15, 0.2) is 137 Å². The van der Waals surface area contributed by atoms with Crippen LogP contribution in [0.3, 0.4) is 0 Å². The highest BCUT2D eigenvalue weighted by Crippen LogP contribution is 2.40. The van der Waals surface area contributed by atoms with E-state index < -0.39 is 28.3 Å². The second-order valence-corrected chi connectivity index (χ2v) is 16.0. The van der Waals surface area contributed by atoms with Gasteiger partial charge in [-0.3, -0.25) is 9.59 Å². The Morgan fingerprint density at radius 3 is 2.06 bits per heavy atom. The van der Waals surface area contributed by atoms with Gasteiger partial charge in [0.15, 0.2) is 6.29 Å². The number of ether oxygens (including phenoxy) is 2. The first-order valence-corrected chi connectivity index (χ1v) is 20.1. The van der Waals surface area contributed by atoms with Crippen LogP contribution in [0, 0.1) is 6.92 Å². The van der Waals surface area contributed by atoms with Crippen LogP contribution < -0.4 is 15.4 Å². The highest BCUT2D eigenvalue weighted by atomic mass is 32.2. The van der Waals surface area contributed by atoms with Crippen molar-refractivity contribution in [1.29, 1.82) is 0 Å². The lowest BCUT2D eigenvalue weighted by Gasteiger charge is -2.36. The molecule has 280 valence electrons. The van der Waals surface area contributed by atoms with Crippen molar-refractivity contribution >= 4 is 45.0 Å². The fraction of sp³-hybridized carbons (Fsp3) is 0.238. The van der Waals surface area contributed by atoms with Gasteiger partial charge in [-0.25, -0.2) is 8.42 Å². The summed E-state index contributed by atoms with van der Waals surface area (Å²) in [6, 6.07) is 37.1. The molecule has 5 aromatic rings. The molecule has 1 heterocycles. The Hall–Kier alpha value is -4.82. The molecule has 1 aliphatic heterocycles. The molecule has 12 heteroatoms. The molecule has 0 aliphatic carbocycles. The van der Waals surface area contributed by atoms with E-state index in [1.165, 1.54) is 19.1 Å². The largest absolute Gasteiger partial charge is 0.392 e. The van der Waals surface area contributed by atoms with E-state index in [1.807, 2.05) is 97.9 Å². The molecule has 10 nitrogen and oxygen atoms in total. The molecule has 0 saturated carbocycles. The minimum atomic E-state index is -3.99. The zero-order valence-corrected chi connectivity index (χ0v) is 31.6. The summed E-state index contributed by atoms with van der Waals surface area (Å²) in [5, 5.41) is 15.2. The van der Waals surface area contributed by atoms with Crippen LogP contribution in [0.4, 0.5) is 11.4 Å². The number of rotatable bonds is 14. The molecular formula is C42H43N3O7S2. The fourth-order valence-corrected chi connectivity index (χ4v) is 8.13. The maximum absolute atomic E-state index is 13.7. The molecule has 0 unspecified atom stereocenters. The van der Waals surface area contributed by atoms with Crippen molar-refractivity contribution in [2.45, 2.75) is 67.6 Å². The average molecular weight is 766 g/mol. The van der Waals surface area contributed by atoms with Crippen LogP contribution in [0.5, 0.6) is 0 Å². The first kappa shape index (κ1) is 38.9. The van der Waals surface area contributed by atoms with Gasteiger partial charge in [0, 0.05) is 40.9 Å². The predicted molar refractivity (Wildman–Crippen MR) is 210 cm³/mol. The number of sulfonamides is 1. The Bertz CT molecular complexity index is 2110. The Labute approximate surface area is 320 Å². The van der Waals surface area contributed by atoms with Gasteiger partial charge in [-0.2, -0.15) is 4.72 Å². The molecule has 0 spiro atoms. The number of carbonyl (C=O) groups excluding carboxylic acids is 2. The lowest BCUT2D eigenvalue weighted by molar-refractivity contribution is -0.245. The lowest BCUT2D eigenvalue weighted by atomic mass is 10.0. The number of amides is 2. The number of aryl methyl sites for hydroxylation is 1. The van der Waals surface area contributed by atoms with Crippen molar-refractivity contribution in [2.24, 2.45) is 0 Å². The Morgan fingerprint density at radius 1 is 0.778 bits per heavy atom. The van der Waals surface area contributed by atoms with Crippen molar-refractivity contribution in [3.8, 4) is 0 Å². The standard InChI is InChI=1S/C42H43N3O7S2/c1-28-8-22-38(23-9-28)54(49,50)45-39(24-30-6-4-3-5-7-30)41(48)44-35-16-14-33(15-17-35)42-51-36(25-40(52-42)32-12-10-31(26-46)11-13-32)27-53-37-20-18-34(19-21-37)43-29(2)47/h3-23,36,39-40,42,45-46H,24-27H2,1-2H3,(H,43,47)(H,44,48)/t36-,39-,40+,42+/m1/s1. The summed E-state index contributed by atoms with van der Waals surface area (Å²) in [6.07, 6.45) is -0.388. The minimum absolute atomic E-state index is 0.0496. The molecule has 2 amide bonds. The summed E-state index contributed by atoms with van der Waals surface area (Å²) in [4.78, 5) is 26.2. The highest BCUT2D eigenvalue weighted by molar-refractivity contribution is 7.99. The number of carbonyl (C=O) groups is 2. The van der Waals surface area contributed by atoms with Gasteiger partial charge >= 0.3 is 0 Å². The van der Waals surface area contributed by atoms with Crippen LogP contribution in [0.25, 0.3) is 0 Å². The van der Waals surface area contributed by atoms with E-state index in [4.69, 9.17) is 9.47 Å². The smallest absolute Gasteiger partial charge is 0.242 e. The molecule has 0 radical (unpaired) electrons. The number of hydrogen-bond donors (Lipinski definition) is 4. The summed E-state index contributed by atoms with van der Waals surface area (Å²) in [7, 11) is -3.99. The van der Waals surface area contributed by atoms with Crippen molar-refractivity contribution in [1.82, 2.24) is 4.72 Å². The second-order valence-electron chi connectivity index (χ2n) is 13.2. The summed E-state index contributed by atoms with van der Waals surface area (Å²) in [5.41, 5.74) is 5.48. The molecule has 4 atom stereocenters. The average Bonchev–Trinajstić information content (AvgIpc) is 3.18. The third-order valence-electron chi connectivity index (χ3n) is 8.90. The van der Waals surface area contributed by atoms with Gasteiger partial charge in [0.05, 0.1) is 23.7 Å². The Morgan fingerprint density at radius 2 is 1.41 bits per heavy atom. The number of hydrogen-bond acceptors (Lipinski definition) is 8. The van der Waals surface area contributed by atoms with Gasteiger partial charge in [-0.15, -0.1) is 11.8 Å². The molecular weight excluding hydrogens is 723 g/mol. The summed E-state index contributed by atoms with van der Waals surface area (Å²) in [5.74, 6) is 0.0279. The second kappa shape index (κ2) is 18.0. The van der Waals surface area contributed by atoms with Crippen molar-refractivity contribution in [3.63, 3.8) is 0 Å². The Kier molecular flexibility index (Phi) is 13.0. The van der Waals surface area contributed by atoms with Crippen molar-refractivity contribution in [3.05, 3.63) is 155 Å². The lowest BCUT2D eigenvalue weighted by Crippen LogP contribution is -2.45. The first-order chi connectivity index (χ1) is 26.0. The number of nitrogens with one attached hydrogen (secondary N) is 3. The molecule has 0 bridgehead atoms. The molecule has 5 aromatic carbocycles. The molecule has 1 saturated heterocycles. The van der Waals surface area contributed by atoms with E-state index in [0.717, 1.165) is 38.4 Å². The number of aliphatic hydroxyl groups excluding tert-OH is 1. The maximum Gasteiger partial charge on any atom is 0.242 e. The fourth-order valence-electron chi connectivity index (χ4n) is 6.01. The van der Waals surface area contributed by atoms with Gasteiger partial charge in [0.25, 0.3) is 0 Å². The van der Waals surface area contributed by atoms with E-state index in [9.17, 15) is 23.1 Å². The van der Waals surface area contributed by atoms with Gasteiger partial charge < -0.3 is 25.2 Å². The van der Waals surface area contributed by atoms with Crippen LogP contribution >= 0.6 is 11.8 Å². The normalized spacial score (nSPS) is 17.7. The number of anilines is 2. The third kappa shape index (κ3) is 10.7. The van der Waals surface area contributed by atoms with E-state index in [1.54, 1.807) is 36.0 Å². The predicted octanol–water partition coefficient (Wildman–Crippen LogP) is 7.31. The van der Waals surface area contributed by atoms with Crippen molar-refractivity contribution < 1.29 is 32.6 Å². The SMILES string of the molecule is CC(=O)Nc1ccc(SC[C@H]2C[C@@H](c3ccc(CO)cc3)O[C@@H](c3ccc(NC(=O)[C@@H](Cc4ccccc4)NS(=O)(=O)c4ccc(C)cc4)cc3)O2)cc1. The molecule has 1 aliphatic rings. The zero-order chi connectivity index (χ0) is 38.1. The highest BCUT2D eigenvalue weighted by Gasteiger charge is 2.32. The van der Waals surface area contributed by atoms with Crippen molar-refractivity contribution in [2.75, 3.05) is 16.4 Å². The Balaban J connectivity index is 1.16. The zero-order valence-electron chi connectivity index (χ0n) is 30.0. The summed E-state index contributed by atoms with van der Waals surface area (Å²) < 4.78 is 42.3. The monoisotopic (exact) mass is 765 g/mol. The molecule has 54 heavy (non-hydrogen) atoms. The molecule has 4 N–H and O–H groups in total. The van der Waals surface area contributed by atoms with E-state index in [2.05, 4.69) is 15.4 Å². The first-order valence-electron chi connectivity index (χ1n) is 17.6. The number of aliphatic hydroxyl groups is 1. The summed E-state index contributed by atoms with van der Waals surface area (Å²) >= 11 is 1.65. The van der Waals surface area contributed by atoms with E-state index in [-0.39, 0.29) is 36.0 Å². The molecule has 0 aromatic heterocycles. The quantitative estimate of drug-likeness (QED) is 0.0863. The van der Waals surface area contributed by atoms with Crippen LogP contribution in [0.1, 0.15) is 53.6 Å². The topological polar surface area (TPSA) is 143 Å². The number of benzene rings is 5. The van der Waals surface area contributed by atoms with E-state index >= 15 is 0 Å². The minimum Gasteiger partial charge on any atom is -0.392 e. The van der Waals surface area contributed by atoms with Crippen LogP contribution in [-0.2, 0) is 42.1 Å². The van der Waals surface area contributed by atoms with Gasteiger partial charge in [0.1, 0.15) is 6.04 Å². The molecule has 6 rings (SSSR count). The van der Waals surface area contributed by atoms with Gasteiger partial charge in [-0.05, 0) is 78.6 Å². The molecule has 1 fully saturated rings. The third-order valence-corrected chi connectivity index (χ3v) is 11.5. The van der Waals surface area contributed by atoms with Gasteiger partial charge in [0.2, 0.25) is 21.8 Å².